The summed E-state index contributed by atoms with van der Waals surface area (Å²) < 4.78 is 2.36. The fourth-order valence-corrected chi connectivity index (χ4v) is 0.891. The quantitative estimate of drug-likeness (QED) is 0.692. The van der Waals surface area contributed by atoms with Gasteiger partial charge in [0, 0.05) is 6.20 Å². The Morgan fingerprint density at radius 1 is 1.90 bits per heavy atom. The molecule has 0 aliphatic carbocycles. The van der Waals surface area contributed by atoms with Gasteiger partial charge in [0.05, 0.1) is 6.07 Å². The lowest BCUT2D eigenvalue weighted by molar-refractivity contribution is 0.588. The zero-order valence-electron chi connectivity index (χ0n) is 5.45. The van der Waals surface area contributed by atoms with Gasteiger partial charge in [0.25, 0.3) is 0 Å². The molecule has 1 aromatic rings. The van der Waals surface area contributed by atoms with E-state index >= 15 is 0 Å². The van der Waals surface area contributed by atoms with Crippen molar-refractivity contribution in [2.45, 2.75) is 13.0 Å². The van der Waals surface area contributed by atoms with E-state index in [1.165, 1.54) is 0 Å². The molecule has 1 aromatic heterocycles. The van der Waals surface area contributed by atoms with Crippen molar-refractivity contribution in [2.75, 3.05) is 0 Å². The van der Waals surface area contributed by atoms with Crippen molar-refractivity contribution in [3.8, 4) is 6.07 Å². The smallest absolute Gasteiger partial charge is 0.135 e. The molecule has 0 amide bonds. The lowest BCUT2D eigenvalue weighted by Gasteiger charge is -1.99. The molecule has 1 heterocycles. The highest BCUT2D eigenvalue weighted by molar-refractivity contribution is 9.10. The van der Waals surface area contributed by atoms with Crippen LogP contribution >= 0.6 is 15.9 Å². The van der Waals surface area contributed by atoms with Crippen molar-refractivity contribution < 1.29 is 0 Å². The average molecular weight is 200 g/mol. The van der Waals surface area contributed by atoms with Crippen molar-refractivity contribution in [1.29, 1.82) is 5.26 Å². The second-order valence-corrected chi connectivity index (χ2v) is 2.74. The van der Waals surface area contributed by atoms with Crippen molar-refractivity contribution in [3.05, 3.63) is 16.9 Å². The zero-order valence-corrected chi connectivity index (χ0v) is 7.04. The van der Waals surface area contributed by atoms with Gasteiger partial charge < -0.3 is 0 Å². The van der Waals surface area contributed by atoms with Gasteiger partial charge in [-0.1, -0.05) is 0 Å². The summed E-state index contributed by atoms with van der Waals surface area (Å²) in [5.74, 6) is 0. The van der Waals surface area contributed by atoms with E-state index < -0.39 is 0 Å². The fraction of sp³-hybridized carbons (Fsp3) is 0.333. The largest absolute Gasteiger partial charge is 0.255 e. The average Bonchev–Trinajstić information content (AvgIpc) is 2.34. The summed E-state index contributed by atoms with van der Waals surface area (Å²) in [5.41, 5.74) is 0. The summed E-state index contributed by atoms with van der Waals surface area (Å²) in [6.07, 6.45) is 1.76. The molecule has 0 aliphatic heterocycles. The van der Waals surface area contributed by atoms with Crippen LogP contribution in [0.25, 0.3) is 0 Å². The number of nitriles is 1. The van der Waals surface area contributed by atoms with Gasteiger partial charge in [-0.15, -0.1) is 0 Å². The van der Waals surface area contributed by atoms with Crippen LogP contribution in [-0.2, 0) is 0 Å². The van der Waals surface area contributed by atoms with Gasteiger partial charge in [-0.25, -0.2) is 0 Å². The van der Waals surface area contributed by atoms with Crippen LogP contribution in [0.4, 0.5) is 0 Å². The van der Waals surface area contributed by atoms with Gasteiger partial charge in [0.15, 0.2) is 0 Å². The zero-order chi connectivity index (χ0) is 7.56. The van der Waals surface area contributed by atoms with E-state index in [1.54, 1.807) is 23.9 Å². The Morgan fingerprint density at radius 2 is 2.60 bits per heavy atom. The van der Waals surface area contributed by atoms with Crippen molar-refractivity contribution in [2.24, 2.45) is 0 Å². The van der Waals surface area contributed by atoms with E-state index in [9.17, 15) is 0 Å². The first-order valence-electron chi connectivity index (χ1n) is 2.84. The first-order chi connectivity index (χ1) is 4.74. The highest BCUT2D eigenvalue weighted by atomic mass is 79.9. The predicted molar refractivity (Wildman–Crippen MR) is 40.3 cm³/mol. The Labute approximate surface area is 67.4 Å². The summed E-state index contributed by atoms with van der Waals surface area (Å²) in [6, 6.07) is 3.68. The summed E-state index contributed by atoms with van der Waals surface area (Å²) in [4.78, 5) is 0. The standard InChI is InChI=1S/C6H6BrN3/c1-5(4-8)10-3-2-6(7)9-10/h2-3,5H,1H3. The molecule has 4 heteroatoms. The summed E-state index contributed by atoms with van der Waals surface area (Å²) in [5, 5.41) is 12.5. The van der Waals surface area contributed by atoms with Crippen LogP contribution < -0.4 is 0 Å². The van der Waals surface area contributed by atoms with Crippen LogP contribution in [0.2, 0.25) is 0 Å². The molecular weight excluding hydrogens is 194 g/mol. The van der Waals surface area contributed by atoms with E-state index in [-0.39, 0.29) is 6.04 Å². The van der Waals surface area contributed by atoms with E-state index in [0.717, 1.165) is 4.60 Å². The minimum atomic E-state index is -0.189. The minimum Gasteiger partial charge on any atom is -0.255 e. The maximum Gasteiger partial charge on any atom is 0.135 e. The third-order valence-electron chi connectivity index (χ3n) is 1.16. The molecule has 10 heavy (non-hydrogen) atoms. The SMILES string of the molecule is CC(C#N)n1ccc(Br)n1. The number of halogens is 1. The number of hydrogen-bond acceptors (Lipinski definition) is 2. The molecule has 0 saturated heterocycles. The molecule has 1 unspecified atom stereocenters. The van der Waals surface area contributed by atoms with E-state index in [2.05, 4.69) is 27.1 Å². The molecule has 0 N–H and O–H groups in total. The van der Waals surface area contributed by atoms with Crippen molar-refractivity contribution >= 4 is 15.9 Å². The van der Waals surface area contributed by atoms with Gasteiger partial charge in [0.2, 0.25) is 0 Å². The number of nitrogens with zero attached hydrogens (tertiary/aromatic N) is 3. The first-order valence-corrected chi connectivity index (χ1v) is 3.63. The number of aromatic nitrogens is 2. The van der Waals surface area contributed by atoms with Gasteiger partial charge >= 0.3 is 0 Å². The Morgan fingerprint density at radius 3 is 3.00 bits per heavy atom. The molecule has 0 radical (unpaired) electrons. The van der Waals surface area contributed by atoms with E-state index in [4.69, 9.17) is 5.26 Å². The van der Waals surface area contributed by atoms with E-state index in [1.807, 2.05) is 0 Å². The van der Waals surface area contributed by atoms with Crippen LogP contribution in [0, 0.1) is 11.3 Å². The Bertz CT molecular complexity index is 260. The lowest BCUT2D eigenvalue weighted by atomic mass is 10.4. The second-order valence-electron chi connectivity index (χ2n) is 1.92. The van der Waals surface area contributed by atoms with E-state index in [0.29, 0.717) is 0 Å². The normalized spacial score (nSPS) is 12.5. The molecule has 0 aromatic carbocycles. The molecule has 3 nitrogen and oxygen atoms in total. The number of rotatable bonds is 1. The Hall–Kier alpha value is -0.820. The third-order valence-corrected chi connectivity index (χ3v) is 1.58. The minimum absolute atomic E-state index is 0.189. The number of hydrogen-bond donors (Lipinski definition) is 0. The molecule has 0 bridgehead atoms. The molecule has 0 aliphatic rings. The van der Waals surface area contributed by atoms with Crippen molar-refractivity contribution in [1.82, 2.24) is 9.78 Å². The van der Waals surface area contributed by atoms with Gasteiger partial charge in [-0.3, -0.25) is 4.68 Å². The van der Waals surface area contributed by atoms with Crippen LogP contribution in [0.3, 0.4) is 0 Å². The Kier molecular flexibility index (Phi) is 2.07. The summed E-state index contributed by atoms with van der Waals surface area (Å²) in [7, 11) is 0. The van der Waals surface area contributed by atoms with Crippen LogP contribution in [0.15, 0.2) is 16.9 Å². The van der Waals surface area contributed by atoms with Gasteiger partial charge in [-0.05, 0) is 28.9 Å². The van der Waals surface area contributed by atoms with Crippen LogP contribution in [0.1, 0.15) is 13.0 Å². The molecular formula is C6H6BrN3. The molecule has 52 valence electrons. The summed E-state index contributed by atoms with van der Waals surface area (Å²) in [6.45, 7) is 1.79. The maximum atomic E-state index is 8.47. The highest BCUT2D eigenvalue weighted by Gasteiger charge is 2.01. The van der Waals surface area contributed by atoms with Crippen LogP contribution in [-0.4, -0.2) is 9.78 Å². The monoisotopic (exact) mass is 199 g/mol. The first kappa shape index (κ1) is 7.29. The maximum absolute atomic E-state index is 8.47. The van der Waals surface area contributed by atoms with Gasteiger partial charge in [0.1, 0.15) is 10.6 Å². The van der Waals surface area contributed by atoms with Gasteiger partial charge in [-0.2, -0.15) is 10.4 Å². The van der Waals surface area contributed by atoms with Crippen molar-refractivity contribution in [3.63, 3.8) is 0 Å². The topological polar surface area (TPSA) is 41.6 Å². The molecule has 0 saturated carbocycles. The summed E-state index contributed by atoms with van der Waals surface area (Å²) >= 11 is 3.19. The molecule has 0 spiro atoms. The molecule has 0 fully saturated rings. The second kappa shape index (κ2) is 2.84. The Balaban J connectivity index is 2.87. The van der Waals surface area contributed by atoms with Crippen LogP contribution in [0.5, 0.6) is 0 Å². The predicted octanol–water partition coefficient (Wildman–Crippen LogP) is 1.73. The lowest BCUT2D eigenvalue weighted by Crippen LogP contribution is -2.02. The molecule has 1 atom stereocenters. The highest BCUT2D eigenvalue weighted by Crippen LogP contribution is 2.08. The third kappa shape index (κ3) is 1.36. The molecule has 1 rings (SSSR count). The fourth-order valence-electron chi connectivity index (χ4n) is 0.590.